The maximum atomic E-state index is 5.89. The van der Waals surface area contributed by atoms with E-state index in [2.05, 4.69) is 31.9 Å². The number of rotatable bonds is 3. The zero-order chi connectivity index (χ0) is 10.7. The molecule has 0 heterocycles. The summed E-state index contributed by atoms with van der Waals surface area (Å²) in [5, 5.41) is 0. The number of hydrogen-bond acceptors (Lipinski definition) is 3. The van der Waals surface area contributed by atoms with Crippen molar-refractivity contribution in [1.29, 1.82) is 0 Å². The number of ether oxygens (including phenoxy) is 1. The van der Waals surface area contributed by atoms with Crippen LogP contribution in [0.15, 0.2) is 21.1 Å². The topological polar surface area (TPSA) is 61.3 Å². The molecule has 4 N–H and O–H groups in total. The molecule has 1 rings (SSSR count). The Balaban J connectivity index is 3.00. The summed E-state index contributed by atoms with van der Waals surface area (Å²) < 4.78 is 6.66. The summed E-state index contributed by atoms with van der Waals surface area (Å²) in [7, 11) is 1.63. The van der Waals surface area contributed by atoms with Crippen molar-refractivity contribution in [3.8, 4) is 0 Å². The van der Waals surface area contributed by atoms with Crippen LogP contribution in [0.2, 0.25) is 0 Å². The van der Waals surface area contributed by atoms with Gasteiger partial charge >= 0.3 is 0 Å². The fourth-order valence-electron chi connectivity index (χ4n) is 1.09. The molecule has 1 atom stereocenters. The lowest BCUT2D eigenvalue weighted by Crippen LogP contribution is -2.16. The fraction of sp³-hybridized carbons (Fsp3) is 0.333. The number of nitrogen functional groups attached to an aromatic ring is 1. The van der Waals surface area contributed by atoms with Crippen LogP contribution in [0.3, 0.4) is 0 Å². The monoisotopic (exact) mass is 322 g/mol. The third-order valence-electron chi connectivity index (χ3n) is 1.88. The molecule has 0 radical (unpaired) electrons. The first-order valence-electron chi connectivity index (χ1n) is 4.05. The van der Waals surface area contributed by atoms with E-state index in [-0.39, 0.29) is 6.04 Å². The summed E-state index contributed by atoms with van der Waals surface area (Å²) in [5.41, 5.74) is 13.3. The van der Waals surface area contributed by atoms with Gasteiger partial charge < -0.3 is 16.2 Å². The lowest BCUT2D eigenvalue weighted by molar-refractivity contribution is 0.181. The van der Waals surface area contributed by atoms with E-state index in [1.165, 1.54) is 0 Å². The minimum Gasteiger partial charge on any atom is -0.397 e. The molecule has 1 aromatic carbocycles. The Morgan fingerprint density at radius 2 is 1.86 bits per heavy atom. The first-order valence-corrected chi connectivity index (χ1v) is 5.63. The summed E-state index contributed by atoms with van der Waals surface area (Å²) in [5.74, 6) is 0. The van der Waals surface area contributed by atoms with Crippen LogP contribution in [0, 0.1) is 0 Å². The maximum absolute atomic E-state index is 5.89. The van der Waals surface area contributed by atoms with E-state index in [1.54, 1.807) is 7.11 Å². The van der Waals surface area contributed by atoms with E-state index >= 15 is 0 Å². The summed E-state index contributed by atoms with van der Waals surface area (Å²) in [6.45, 7) is 0.489. The van der Waals surface area contributed by atoms with Crippen molar-refractivity contribution in [1.82, 2.24) is 0 Å². The van der Waals surface area contributed by atoms with Crippen molar-refractivity contribution < 1.29 is 4.74 Å². The van der Waals surface area contributed by atoms with Crippen molar-refractivity contribution in [3.05, 3.63) is 26.6 Å². The predicted molar refractivity (Wildman–Crippen MR) is 65.1 cm³/mol. The summed E-state index contributed by atoms with van der Waals surface area (Å²) >= 11 is 6.73. The highest BCUT2D eigenvalue weighted by Crippen LogP contribution is 2.31. The zero-order valence-corrected chi connectivity index (χ0v) is 10.9. The van der Waals surface area contributed by atoms with Crippen LogP contribution in [-0.2, 0) is 4.74 Å². The second kappa shape index (κ2) is 5.11. The van der Waals surface area contributed by atoms with Gasteiger partial charge in [0.15, 0.2) is 0 Å². The van der Waals surface area contributed by atoms with Gasteiger partial charge in [0.05, 0.1) is 18.3 Å². The Bertz CT molecular complexity index is 308. The fourth-order valence-corrected chi connectivity index (χ4v) is 2.32. The number of benzene rings is 1. The van der Waals surface area contributed by atoms with Gasteiger partial charge in [-0.25, -0.2) is 0 Å². The molecular weight excluding hydrogens is 312 g/mol. The average Bonchev–Trinajstić information content (AvgIpc) is 2.13. The van der Waals surface area contributed by atoms with Crippen LogP contribution in [0.4, 0.5) is 5.69 Å². The Morgan fingerprint density at radius 1 is 1.36 bits per heavy atom. The molecule has 0 amide bonds. The zero-order valence-electron chi connectivity index (χ0n) is 7.76. The van der Waals surface area contributed by atoms with E-state index in [9.17, 15) is 0 Å². The van der Waals surface area contributed by atoms with E-state index in [0.717, 1.165) is 14.5 Å². The maximum Gasteiger partial charge on any atom is 0.0655 e. The predicted octanol–water partition coefficient (Wildman–Crippen LogP) is 2.44. The van der Waals surface area contributed by atoms with Gasteiger partial charge in [0.2, 0.25) is 0 Å². The van der Waals surface area contributed by atoms with Gasteiger partial charge in [-0.15, -0.1) is 0 Å². The van der Waals surface area contributed by atoms with Crippen LogP contribution in [-0.4, -0.2) is 13.7 Å². The molecule has 0 aliphatic carbocycles. The number of anilines is 1. The molecule has 0 aliphatic heterocycles. The largest absolute Gasteiger partial charge is 0.397 e. The van der Waals surface area contributed by atoms with Gasteiger partial charge in [-0.1, -0.05) is 0 Å². The molecule has 0 aliphatic rings. The second-order valence-electron chi connectivity index (χ2n) is 2.96. The van der Waals surface area contributed by atoms with Crippen molar-refractivity contribution in [2.24, 2.45) is 5.73 Å². The lowest BCUT2D eigenvalue weighted by atomic mass is 10.1. The average molecular weight is 324 g/mol. The minimum atomic E-state index is -0.131. The van der Waals surface area contributed by atoms with Crippen LogP contribution in [0.25, 0.3) is 0 Å². The summed E-state index contributed by atoms with van der Waals surface area (Å²) in [6, 6.07) is 3.68. The smallest absolute Gasteiger partial charge is 0.0655 e. The Labute approximate surface area is 100 Å². The van der Waals surface area contributed by atoms with E-state index in [1.807, 2.05) is 12.1 Å². The van der Waals surface area contributed by atoms with Crippen LogP contribution in [0.1, 0.15) is 11.6 Å². The van der Waals surface area contributed by atoms with Crippen molar-refractivity contribution in [3.63, 3.8) is 0 Å². The third-order valence-corrected chi connectivity index (χ3v) is 3.19. The number of hydrogen-bond donors (Lipinski definition) is 2. The number of nitrogens with two attached hydrogens (primary N) is 2. The van der Waals surface area contributed by atoms with E-state index in [0.29, 0.717) is 12.3 Å². The van der Waals surface area contributed by atoms with Gasteiger partial charge in [-0.3, -0.25) is 0 Å². The quantitative estimate of drug-likeness (QED) is 0.840. The van der Waals surface area contributed by atoms with Gasteiger partial charge in [0, 0.05) is 16.1 Å². The Hall–Kier alpha value is -0.100. The Kier molecular flexibility index (Phi) is 4.37. The summed E-state index contributed by atoms with van der Waals surface area (Å²) in [4.78, 5) is 0. The highest BCUT2D eigenvalue weighted by molar-refractivity contribution is 9.11. The van der Waals surface area contributed by atoms with Crippen molar-refractivity contribution in [2.75, 3.05) is 19.5 Å². The van der Waals surface area contributed by atoms with Crippen molar-refractivity contribution in [2.45, 2.75) is 6.04 Å². The van der Waals surface area contributed by atoms with E-state index < -0.39 is 0 Å². The van der Waals surface area contributed by atoms with E-state index in [4.69, 9.17) is 16.2 Å². The molecule has 0 unspecified atom stereocenters. The SMILES string of the molecule is COC[C@@H](N)c1cc(Br)c(N)c(Br)c1. The Morgan fingerprint density at radius 3 is 2.29 bits per heavy atom. The molecule has 0 spiro atoms. The molecule has 0 bridgehead atoms. The molecule has 1 aromatic rings. The van der Waals surface area contributed by atoms with Crippen LogP contribution < -0.4 is 11.5 Å². The van der Waals surface area contributed by atoms with Gasteiger partial charge in [0.1, 0.15) is 0 Å². The normalized spacial score (nSPS) is 12.9. The number of halogens is 2. The minimum absolute atomic E-state index is 0.131. The number of methoxy groups -OCH3 is 1. The molecule has 0 saturated carbocycles. The molecule has 3 nitrogen and oxygen atoms in total. The first kappa shape index (κ1) is 12.0. The van der Waals surface area contributed by atoms with Gasteiger partial charge in [0.25, 0.3) is 0 Å². The molecule has 0 fully saturated rings. The van der Waals surface area contributed by atoms with Crippen LogP contribution >= 0.6 is 31.9 Å². The second-order valence-corrected chi connectivity index (χ2v) is 4.67. The van der Waals surface area contributed by atoms with Gasteiger partial charge in [-0.05, 0) is 49.6 Å². The molecule has 14 heavy (non-hydrogen) atoms. The molecule has 78 valence electrons. The molecular formula is C9H12Br2N2O. The van der Waals surface area contributed by atoms with Crippen LogP contribution in [0.5, 0.6) is 0 Å². The third kappa shape index (κ3) is 2.70. The van der Waals surface area contributed by atoms with Crippen molar-refractivity contribution >= 4 is 37.5 Å². The standard InChI is InChI=1S/C9H12Br2N2O/c1-14-4-8(12)5-2-6(10)9(13)7(11)3-5/h2-3,8H,4,12-13H2,1H3/t8-/m1/s1. The highest BCUT2D eigenvalue weighted by atomic mass is 79.9. The highest BCUT2D eigenvalue weighted by Gasteiger charge is 2.10. The van der Waals surface area contributed by atoms with Gasteiger partial charge in [-0.2, -0.15) is 0 Å². The molecule has 0 saturated heterocycles. The first-order chi connectivity index (χ1) is 6.56. The lowest BCUT2D eigenvalue weighted by Gasteiger charge is -2.13. The molecule has 0 aromatic heterocycles. The summed E-state index contributed by atoms with van der Waals surface area (Å²) in [6.07, 6.45) is 0. The molecule has 5 heteroatoms.